The zero-order chi connectivity index (χ0) is 17.6. The van der Waals surface area contributed by atoms with Gasteiger partial charge in [-0.1, -0.05) is 6.92 Å². The smallest absolute Gasteiger partial charge is 0.211 e. The minimum absolute atomic E-state index is 0. The normalized spacial score (nSPS) is 21.7. The summed E-state index contributed by atoms with van der Waals surface area (Å²) in [4.78, 5) is 10.7. The highest BCUT2D eigenvalue weighted by Gasteiger charge is 2.28. The van der Waals surface area contributed by atoms with E-state index in [2.05, 4.69) is 36.4 Å². The van der Waals surface area contributed by atoms with Crippen molar-refractivity contribution >= 4 is 40.0 Å². The highest BCUT2D eigenvalue weighted by molar-refractivity contribution is 14.0. The number of imidazole rings is 1. The third kappa shape index (κ3) is 6.41. The number of aliphatic imine (C=N–C) groups is 1. The monoisotopic (exact) mass is 484 g/mol. The first kappa shape index (κ1) is 22.2. The number of hydrogen-bond acceptors (Lipinski definition) is 4. The Balaban J connectivity index is 0.00000312. The molecule has 144 valence electrons. The molecule has 1 aromatic heterocycles. The average Bonchev–Trinajstić information content (AvgIpc) is 3.10. The van der Waals surface area contributed by atoms with Gasteiger partial charge in [-0.2, -0.15) is 0 Å². The molecule has 2 unspecified atom stereocenters. The zero-order valence-electron chi connectivity index (χ0n) is 15.1. The van der Waals surface area contributed by atoms with Gasteiger partial charge >= 0.3 is 0 Å². The van der Waals surface area contributed by atoms with Crippen molar-refractivity contribution in [1.82, 2.24) is 24.5 Å². The lowest BCUT2D eigenvalue weighted by atomic mass is 9.93. The van der Waals surface area contributed by atoms with Crippen LogP contribution < -0.4 is 10.0 Å². The van der Waals surface area contributed by atoms with Gasteiger partial charge in [0.2, 0.25) is 10.0 Å². The Kier molecular flexibility index (Phi) is 9.14. The number of halogens is 1. The Morgan fingerprint density at radius 2 is 2.16 bits per heavy atom. The molecule has 0 radical (unpaired) electrons. The Morgan fingerprint density at radius 1 is 1.40 bits per heavy atom. The molecule has 1 aliphatic heterocycles. The fraction of sp³-hybridized carbons (Fsp3) is 0.733. The van der Waals surface area contributed by atoms with Gasteiger partial charge in [-0.3, -0.25) is 4.99 Å². The number of hydrogen-bond donors (Lipinski definition) is 2. The van der Waals surface area contributed by atoms with E-state index in [-0.39, 0.29) is 29.7 Å². The van der Waals surface area contributed by atoms with Crippen molar-refractivity contribution in [3.05, 3.63) is 18.7 Å². The first-order valence-electron chi connectivity index (χ1n) is 8.37. The maximum Gasteiger partial charge on any atom is 0.211 e. The summed E-state index contributed by atoms with van der Waals surface area (Å²) < 4.78 is 27.6. The number of rotatable bonds is 6. The zero-order valence-corrected chi connectivity index (χ0v) is 18.2. The van der Waals surface area contributed by atoms with Crippen LogP contribution >= 0.6 is 24.0 Å². The first-order chi connectivity index (χ1) is 11.5. The van der Waals surface area contributed by atoms with Gasteiger partial charge in [0, 0.05) is 45.6 Å². The summed E-state index contributed by atoms with van der Waals surface area (Å²) >= 11 is 0. The standard InChI is InChI=1S/C15H28N6O2S.HI/c1-4-24(22,23)19-7-6-18-15(16-3)20-9-5-13(2)14(11-20)21-10-8-17-12-21;/h8,10,12-14,19H,4-7,9,11H2,1-3H3,(H,16,18);1H. The molecule has 0 bridgehead atoms. The van der Waals surface area contributed by atoms with Crippen LogP contribution in [0.15, 0.2) is 23.7 Å². The van der Waals surface area contributed by atoms with E-state index < -0.39 is 10.0 Å². The topological polar surface area (TPSA) is 91.6 Å². The summed E-state index contributed by atoms with van der Waals surface area (Å²) in [7, 11) is -1.40. The number of guanidine groups is 1. The van der Waals surface area contributed by atoms with Gasteiger partial charge < -0.3 is 14.8 Å². The van der Waals surface area contributed by atoms with Crippen molar-refractivity contribution in [2.75, 3.05) is 39.0 Å². The molecule has 2 rings (SSSR count). The van der Waals surface area contributed by atoms with E-state index in [1.54, 1.807) is 20.2 Å². The van der Waals surface area contributed by atoms with Crippen molar-refractivity contribution in [1.29, 1.82) is 0 Å². The molecule has 2 atom stereocenters. The molecule has 0 spiro atoms. The van der Waals surface area contributed by atoms with E-state index in [1.807, 2.05) is 12.5 Å². The summed E-state index contributed by atoms with van der Waals surface area (Å²) in [5.74, 6) is 1.48. The minimum Gasteiger partial charge on any atom is -0.355 e. The molecule has 25 heavy (non-hydrogen) atoms. The molecule has 0 aromatic carbocycles. The van der Waals surface area contributed by atoms with Gasteiger partial charge in [0.1, 0.15) is 0 Å². The quantitative estimate of drug-likeness (QED) is 0.271. The molecular formula is C15H29IN6O2S. The maximum atomic E-state index is 11.4. The third-order valence-corrected chi connectivity index (χ3v) is 5.85. The third-order valence-electron chi connectivity index (χ3n) is 4.45. The molecule has 2 N–H and O–H groups in total. The molecule has 1 saturated heterocycles. The van der Waals surface area contributed by atoms with Crippen LogP contribution in [-0.2, 0) is 10.0 Å². The van der Waals surface area contributed by atoms with Gasteiger partial charge in [0.05, 0.1) is 18.1 Å². The van der Waals surface area contributed by atoms with Gasteiger partial charge in [-0.05, 0) is 19.3 Å². The molecule has 0 aliphatic carbocycles. The number of sulfonamides is 1. The number of nitrogens with zero attached hydrogens (tertiary/aromatic N) is 4. The Hall–Kier alpha value is -0.880. The number of aromatic nitrogens is 2. The summed E-state index contributed by atoms with van der Waals surface area (Å²) in [6, 6.07) is 0.360. The molecule has 1 fully saturated rings. The van der Waals surface area contributed by atoms with Crippen molar-refractivity contribution in [3.63, 3.8) is 0 Å². The Labute approximate surface area is 167 Å². The van der Waals surface area contributed by atoms with Crippen molar-refractivity contribution < 1.29 is 8.42 Å². The lowest BCUT2D eigenvalue weighted by Gasteiger charge is -2.39. The van der Waals surface area contributed by atoms with E-state index in [0.717, 1.165) is 25.5 Å². The Bertz CT molecular complexity index is 634. The number of piperidine rings is 1. The molecule has 1 aromatic rings. The molecule has 0 saturated carbocycles. The van der Waals surface area contributed by atoms with Crippen molar-refractivity contribution in [3.8, 4) is 0 Å². The van der Waals surface area contributed by atoms with Crippen molar-refractivity contribution in [2.45, 2.75) is 26.3 Å². The molecule has 8 nitrogen and oxygen atoms in total. The van der Waals surface area contributed by atoms with Gasteiger partial charge in [0.25, 0.3) is 0 Å². The van der Waals surface area contributed by atoms with E-state index in [4.69, 9.17) is 0 Å². The van der Waals surface area contributed by atoms with E-state index in [0.29, 0.717) is 25.0 Å². The predicted octanol–water partition coefficient (Wildman–Crippen LogP) is 0.899. The summed E-state index contributed by atoms with van der Waals surface area (Å²) in [5, 5.41) is 3.24. The van der Waals surface area contributed by atoms with Crippen LogP contribution in [0.5, 0.6) is 0 Å². The summed E-state index contributed by atoms with van der Waals surface area (Å²) in [5.41, 5.74) is 0. The van der Waals surface area contributed by atoms with E-state index in [9.17, 15) is 8.42 Å². The maximum absolute atomic E-state index is 11.4. The lowest BCUT2D eigenvalue weighted by molar-refractivity contribution is 0.189. The van der Waals surface area contributed by atoms with Crippen LogP contribution in [-0.4, -0.2) is 67.8 Å². The Morgan fingerprint density at radius 3 is 2.76 bits per heavy atom. The fourth-order valence-corrected chi connectivity index (χ4v) is 3.53. The molecule has 1 aliphatic rings. The van der Waals surface area contributed by atoms with Gasteiger partial charge in [0.15, 0.2) is 5.96 Å². The highest BCUT2D eigenvalue weighted by atomic mass is 127. The average molecular weight is 484 g/mol. The molecule has 2 heterocycles. The van der Waals surface area contributed by atoms with Crippen molar-refractivity contribution in [2.24, 2.45) is 10.9 Å². The second kappa shape index (κ2) is 10.3. The summed E-state index contributed by atoms with van der Waals surface area (Å²) in [6.07, 6.45) is 6.74. The largest absolute Gasteiger partial charge is 0.355 e. The lowest BCUT2D eigenvalue weighted by Crippen LogP contribution is -2.50. The number of likely N-dealkylation sites (tertiary alicyclic amines) is 1. The minimum atomic E-state index is -3.15. The van der Waals surface area contributed by atoms with Crippen LogP contribution in [0.25, 0.3) is 0 Å². The number of nitrogens with one attached hydrogen (secondary N) is 2. The van der Waals surface area contributed by atoms with Crippen LogP contribution in [0.1, 0.15) is 26.3 Å². The van der Waals surface area contributed by atoms with E-state index in [1.165, 1.54) is 0 Å². The molecule has 10 heteroatoms. The SMILES string of the molecule is CCS(=O)(=O)NCCNC(=NC)N1CCC(C)C(n2ccnc2)C1.I. The van der Waals surface area contributed by atoms with Gasteiger partial charge in [-0.15, -0.1) is 24.0 Å². The van der Waals surface area contributed by atoms with Crippen LogP contribution in [0, 0.1) is 5.92 Å². The second-order valence-corrected chi connectivity index (χ2v) is 8.16. The van der Waals surface area contributed by atoms with Crippen LogP contribution in [0.2, 0.25) is 0 Å². The molecular weight excluding hydrogens is 455 g/mol. The van der Waals surface area contributed by atoms with E-state index >= 15 is 0 Å². The van der Waals surface area contributed by atoms with Gasteiger partial charge in [-0.25, -0.2) is 18.1 Å². The fourth-order valence-electron chi connectivity index (χ4n) is 2.91. The summed E-state index contributed by atoms with van der Waals surface area (Å²) in [6.45, 7) is 6.54. The second-order valence-electron chi connectivity index (χ2n) is 6.06. The van der Waals surface area contributed by atoms with Crippen LogP contribution in [0.4, 0.5) is 0 Å². The first-order valence-corrected chi connectivity index (χ1v) is 10.0. The molecule has 0 amide bonds. The highest BCUT2D eigenvalue weighted by Crippen LogP contribution is 2.27. The van der Waals surface area contributed by atoms with Crippen LogP contribution in [0.3, 0.4) is 0 Å². The predicted molar refractivity (Wildman–Crippen MR) is 111 cm³/mol.